The van der Waals surface area contributed by atoms with Gasteiger partial charge in [0.05, 0.1) is 4.90 Å². The molecule has 3 heteroatoms. The number of rotatable bonds is 3. The first-order chi connectivity index (χ1) is 7.12. The fourth-order valence-corrected chi connectivity index (χ4v) is 2.84. The minimum Gasteiger partial charge on any atom is -0.475 e. The first kappa shape index (κ1) is 10.8. The molecule has 0 unspecified atom stereocenters. The molecule has 0 amide bonds. The summed E-state index contributed by atoms with van der Waals surface area (Å²) in [5, 5.41) is 0. The summed E-state index contributed by atoms with van der Waals surface area (Å²) >= 11 is 1.79. The summed E-state index contributed by atoms with van der Waals surface area (Å²) in [5.41, 5.74) is 6.82. The van der Waals surface area contributed by atoms with Crippen molar-refractivity contribution in [3.8, 4) is 5.75 Å². The number of ether oxygens (including phenoxy) is 1. The largest absolute Gasteiger partial charge is 0.475 e. The second-order valence-corrected chi connectivity index (χ2v) is 5.87. The van der Waals surface area contributed by atoms with Crippen LogP contribution in [0, 0.1) is 0 Å². The number of aryl methyl sites for hydroxylation is 1. The Morgan fingerprint density at radius 2 is 2.20 bits per heavy atom. The number of para-hydroxylation sites is 1. The lowest BCUT2D eigenvalue weighted by Gasteiger charge is -2.16. The lowest BCUT2D eigenvalue weighted by Crippen LogP contribution is -2.18. The lowest BCUT2D eigenvalue weighted by atomic mass is 10.1. The maximum absolute atomic E-state index is 5.94. The normalized spacial score (nSPS) is 17.3. The zero-order valence-electron chi connectivity index (χ0n) is 9.25. The first-order valence-corrected chi connectivity index (χ1v) is 6.14. The second-order valence-electron chi connectivity index (χ2n) is 4.24. The van der Waals surface area contributed by atoms with E-state index in [9.17, 15) is 0 Å². The van der Waals surface area contributed by atoms with Gasteiger partial charge in [-0.25, -0.2) is 0 Å². The van der Waals surface area contributed by atoms with Crippen LogP contribution in [0.5, 0.6) is 5.75 Å². The van der Waals surface area contributed by atoms with Crippen molar-refractivity contribution in [2.45, 2.75) is 36.5 Å². The predicted molar refractivity (Wildman–Crippen MR) is 64.4 cm³/mol. The van der Waals surface area contributed by atoms with Crippen LogP contribution >= 0.6 is 11.8 Å². The third kappa shape index (κ3) is 2.29. The molecule has 15 heavy (non-hydrogen) atoms. The molecule has 1 aromatic carbocycles. The van der Waals surface area contributed by atoms with Crippen LogP contribution in [0.2, 0.25) is 0 Å². The molecule has 1 aliphatic heterocycles. The molecule has 0 aliphatic carbocycles. The van der Waals surface area contributed by atoms with Crippen molar-refractivity contribution in [3.05, 3.63) is 23.8 Å². The summed E-state index contributed by atoms with van der Waals surface area (Å²) in [6, 6.07) is 6.36. The Morgan fingerprint density at radius 3 is 2.93 bits per heavy atom. The predicted octanol–water partition coefficient (Wildman–Crippen LogP) is 2.80. The van der Waals surface area contributed by atoms with Crippen molar-refractivity contribution in [1.82, 2.24) is 0 Å². The SMILES string of the molecule is CC1(C)Oc2c(CCCN)cccc2S1. The zero-order valence-corrected chi connectivity index (χ0v) is 10.1. The van der Waals surface area contributed by atoms with Crippen LogP contribution in [-0.2, 0) is 6.42 Å². The molecule has 0 spiro atoms. The van der Waals surface area contributed by atoms with Gasteiger partial charge in [0.2, 0.25) is 0 Å². The highest BCUT2D eigenvalue weighted by Gasteiger charge is 2.32. The summed E-state index contributed by atoms with van der Waals surface area (Å²) in [6.45, 7) is 4.94. The van der Waals surface area contributed by atoms with E-state index in [0.29, 0.717) is 0 Å². The topological polar surface area (TPSA) is 35.2 Å². The van der Waals surface area contributed by atoms with Gasteiger partial charge in [0, 0.05) is 0 Å². The maximum atomic E-state index is 5.94. The number of hydrogen-bond donors (Lipinski definition) is 1. The van der Waals surface area contributed by atoms with Gasteiger partial charge in [-0.3, -0.25) is 0 Å². The van der Waals surface area contributed by atoms with Crippen LogP contribution in [0.25, 0.3) is 0 Å². The Bertz CT molecular complexity index is 363. The zero-order chi connectivity index (χ0) is 10.9. The monoisotopic (exact) mass is 223 g/mol. The van der Waals surface area contributed by atoms with E-state index < -0.39 is 0 Å². The van der Waals surface area contributed by atoms with Crippen LogP contribution < -0.4 is 10.5 Å². The summed E-state index contributed by atoms with van der Waals surface area (Å²) in [7, 11) is 0. The molecule has 1 aromatic rings. The highest BCUT2D eigenvalue weighted by atomic mass is 32.2. The number of fused-ring (bicyclic) bond motifs is 1. The standard InChI is InChI=1S/C12H17NOS/c1-12(2)14-11-9(6-4-8-13)5-3-7-10(11)15-12/h3,5,7H,4,6,8,13H2,1-2H3. The summed E-state index contributed by atoms with van der Waals surface area (Å²) in [4.78, 5) is 1.13. The third-order valence-corrected chi connectivity index (χ3v) is 3.53. The van der Waals surface area contributed by atoms with Gasteiger partial charge in [-0.2, -0.15) is 0 Å². The van der Waals surface area contributed by atoms with Crippen molar-refractivity contribution in [1.29, 1.82) is 0 Å². The van der Waals surface area contributed by atoms with E-state index in [0.717, 1.165) is 25.1 Å². The van der Waals surface area contributed by atoms with Crippen LogP contribution in [0.15, 0.2) is 23.1 Å². The average Bonchev–Trinajstić information content (AvgIpc) is 2.49. The molecular formula is C12H17NOS. The van der Waals surface area contributed by atoms with E-state index in [1.807, 2.05) is 0 Å². The Morgan fingerprint density at radius 1 is 1.40 bits per heavy atom. The molecule has 0 fully saturated rings. The molecule has 1 heterocycles. The molecule has 0 atom stereocenters. The van der Waals surface area contributed by atoms with E-state index in [2.05, 4.69) is 32.0 Å². The molecule has 2 nitrogen and oxygen atoms in total. The molecule has 0 radical (unpaired) electrons. The van der Waals surface area contributed by atoms with E-state index in [4.69, 9.17) is 10.5 Å². The highest BCUT2D eigenvalue weighted by Crippen LogP contribution is 2.48. The van der Waals surface area contributed by atoms with Crippen molar-refractivity contribution < 1.29 is 4.74 Å². The van der Waals surface area contributed by atoms with Gasteiger partial charge in [-0.05, 0) is 44.9 Å². The number of benzene rings is 1. The van der Waals surface area contributed by atoms with Crippen molar-refractivity contribution in [3.63, 3.8) is 0 Å². The fourth-order valence-electron chi connectivity index (χ4n) is 1.78. The molecular weight excluding hydrogens is 206 g/mol. The van der Waals surface area contributed by atoms with E-state index in [1.165, 1.54) is 10.5 Å². The van der Waals surface area contributed by atoms with Gasteiger partial charge in [-0.15, -0.1) is 0 Å². The van der Waals surface area contributed by atoms with Gasteiger partial charge in [0.1, 0.15) is 5.75 Å². The van der Waals surface area contributed by atoms with Crippen LogP contribution in [0.1, 0.15) is 25.8 Å². The minimum atomic E-state index is -0.124. The van der Waals surface area contributed by atoms with Gasteiger partial charge in [-0.1, -0.05) is 23.9 Å². The molecule has 82 valence electrons. The number of nitrogens with two attached hydrogens (primary N) is 1. The van der Waals surface area contributed by atoms with Gasteiger partial charge in [0.15, 0.2) is 4.93 Å². The van der Waals surface area contributed by atoms with E-state index in [-0.39, 0.29) is 4.93 Å². The summed E-state index contributed by atoms with van der Waals surface area (Å²) in [6.07, 6.45) is 2.03. The Balaban J connectivity index is 2.25. The van der Waals surface area contributed by atoms with Crippen molar-refractivity contribution in [2.24, 2.45) is 5.73 Å². The van der Waals surface area contributed by atoms with Crippen LogP contribution in [0.4, 0.5) is 0 Å². The number of thioether (sulfide) groups is 1. The van der Waals surface area contributed by atoms with Gasteiger partial charge in [0.25, 0.3) is 0 Å². The summed E-state index contributed by atoms with van der Waals surface area (Å²) < 4.78 is 5.94. The smallest absolute Gasteiger partial charge is 0.153 e. The maximum Gasteiger partial charge on any atom is 0.153 e. The molecule has 2 N–H and O–H groups in total. The van der Waals surface area contributed by atoms with E-state index in [1.54, 1.807) is 11.8 Å². The Kier molecular flexibility index (Phi) is 2.94. The quantitative estimate of drug-likeness (QED) is 0.855. The van der Waals surface area contributed by atoms with Crippen molar-refractivity contribution in [2.75, 3.05) is 6.54 Å². The number of hydrogen-bond acceptors (Lipinski definition) is 3. The molecule has 0 saturated carbocycles. The second kappa shape index (κ2) is 4.06. The third-order valence-electron chi connectivity index (χ3n) is 2.41. The average molecular weight is 223 g/mol. The highest BCUT2D eigenvalue weighted by molar-refractivity contribution is 8.00. The fraction of sp³-hybridized carbons (Fsp3) is 0.500. The van der Waals surface area contributed by atoms with Gasteiger partial charge < -0.3 is 10.5 Å². The minimum absolute atomic E-state index is 0.124. The van der Waals surface area contributed by atoms with Crippen molar-refractivity contribution >= 4 is 11.8 Å². The lowest BCUT2D eigenvalue weighted by molar-refractivity contribution is 0.212. The van der Waals surface area contributed by atoms with E-state index >= 15 is 0 Å². The Labute approximate surface area is 95.2 Å². The molecule has 1 aliphatic rings. The van der Waals surface area contributed by atoms with Crippen LogP contribution in [0.3, 0.4) is 0 Å². The molecule has 0 bridgehead atoms. The molecule has 0 saturated heterocycles. The van der Waals surface area contributed by atoms with Gasteiger partial charge >= 0.3 is 0 Å². The Hall–Kier alpha value is -0.670. The molecule has 0 aromatic heterocycles. The van der Waals surface area contributed by atoms with Crippen LogP contribution in [-0.4, -0.2) is 11.5 Å². The molecule has 2 rings (SSSR count). The summed E-state index contributed by atoms with van der Waals surface area (Å²) in [5.74, 6) is 1.07. The first-order valence-electron chi connectivity index (χ1n) is 5.32.